The van der Waals surface area contributed by atoms with Crippen molar-refractivity contribution in [2.24, 2.45) is 0 Å². The molecule has 0 saturated heterocycles. The molecule has 0 aromatic rings. The van der Waals surface area contributed by atoms with Gasteiger partial charge in [0.05, 0.1) is 13.2 Å². The van der Waals surface area contributed by atoms with E-state index in [1.165, 1.54) is 44.9 Å². The number of hydrogen-bond acceptors (Lipinski definition) is 8. The van der Waals surface area contributed by atoms with Gasteiger partial charge < -0.3 is 25.2 Å². The summed E-state index contributed by atoms with van der Waals surface area (Å²) in [6.45, 7) is 2.45. The number of rotatable bonds is 33. The highest BCUT2D eigenvalue weighted by Gasteiger charge is 2.28. The van der Waals surface area contributed by atoms with E-state index < -0.39 is 57.6 Å². The van der Waals surface area contributed by atoms with E-state index in [4.69, 9.17) is 13.8 Å². The summed E-state index contributed by atoms with van der Waals surface area (Å²) in [5, 5.41) is 21.6. The third-order valence-corrected chi connectivity index (χ3v) is 8.32. The highest BCUT2D eigenvalue weighted by Crippen LogP contribution is 2.43. The quantitative estimate of drug-likeness (QED) is 0.0225. The molecule has 0 fully saturated rings. The van der Waals surface area contributed by atoms with Crippen molar-refractivity contribution in [3.8, 4) is 0 Å². The fourth-order valence-corrected chi connectivity index (χ4v) is 5.25. The van der Waals surface area contributed by atoms with Gasteiger partial charge in [0.25, 0.3) is 0 Å². The number of nitrogens with one attached hydrogen (secondary N) is 1. The molecule has 0 heterocycles. The molecule has 49 heavy (non-hydrogen) atoms. The highest BCUT2D eigenvalue weighted by atomic mass is 31.2. The van der Waals surface area contributed by atoms with E-state index in [0.717, 1.165) is 44.9 Å². The van der Waals surface area contributed by atoms with Gasteiger partial charge in [0.2, 0.25) is 5.91 Å². The normalized spacial score (nSPS) is 14.5. The minimum absolute atomic E-state index is 0.0685. The maximum atomic E-state index is 12.2. The van der Waals surface area contributed by atoms with E-state index >= 15 is 0 Å². The van der Waals surface area contributed by atoms with Crippen molar-refractivity contribution in [1.82, 2.24) is 5.32 Å². The number of carboxylic acid groups (broad SMARTS) is 1. The Morgan fingerprint density at radius 1 is 0.653 bits per heavy atom. The molecular weight excluding hydrogens is 649 g/mol. The Hall–Kier alpha value is -2.56. The predicted octanol–water partition coefficient (Wildman–Crippen LogP) is 8.27. The van der Waals surface area contributed by atoms with Crippen molar-refractivity contribution in [2.75, 3.05) is 19.8 Å². The number of ether oxygens (including phenoxy) is 1. The van der Waals surface area contributed by atoms with Gasteiger partial charge in [0.15, 0.2) is 6.04 Å². The van der Waals surface area contributed by atoms with Crippen LogP contribution in [0.5, 0.6) is 0 Å². The second kappa shape index (κ2) is 32.6. The highest BCUT2D eigenvalue weighted by molar-refractivity contribution is 7.47. The van der Waals surface area contributed by atoms with E-state index in [-0.39, 0.29) is 12.8 Å². The minimum Gasteiger partial charge on any atom is -0.480 e. The number of phosphoric acid groups is 1. The van der Waals surface area contributed by atoms with E-state index in [9.17, 15) is 34.1 Å². The largest absolute Gasteiger partial charge is 0.480 e. The Balaban J connectivity index is 4.11. The molecule has 0 rings (SSSR count). The molecule has 12 heteroatoms. The Morgan fingerprint density at radius 3 is 1.71 bits per heavy atom. The van der Waals surface area contributed by atoms with Crippen molar-refractivity contribution in [1.29, 1.82) is 0 Å². The maximum Gasteiger partial charge on any atom is 0.472 e. The number of allylic oxidation sites excluding steroid dienone is 8. The number of carboxylic acids is 1. The summed E-state index contributed by atoms with van der Waals surface area (Å²) < 4.78 is 26.6. The predicted molar refractivity (Wildman–Crippen MR) is 194 cm³/mol. The molecule has 4 N–H and O–H groups in total. The Labute approximate surface area is 294 Å². The van der Waals surface area contributed by atoms with Gasteiger partial charge in [-0.15, -0.1) is 0 Å². The number of amides is 1. The van der Waals surface area contributed by atoms with Gasteiger partial charge in [-0.1, -0.05) is 120 Å². The zero-order valence-corrected chi connectivity index (χ0v) is 30.9. The number of unbranched alkanes of at least 4 members (excludes halogenated alkanes) is 11. The molecule has 3 atom stereocenters. The number of carbonyl (C=O) groups excluding carboxylic acids is 2. The fraction of sp³-hybridized carbons (Fsp3) is 0.703. The topological polar surface area (TPSA) is 169 Å². The van der Waals surface area contributed by atoms with E-state index in [1.807, 2.05) is 12.2 Å². The van der Waals surface area contributed by atoms with Crippen LogP contribution in [0.15, 0.2) is 48.6 Å². The molecule has 282 valence electrons. The van der Waals surface area contributed by atoms with E-state index in [0.29, 0.717) is 19.3 Å². The smallest absolute Gasteiger partial charge is 0.472 e. The van der Waals surface area contributed by atoms with Gasteiger partial charge in [-0.2, -0.15) is 0 Å². The number of aliphatic hydroxyl groups excluding tert-OH is 1. The molecule has 11 nitrogen and oxygen atoms in total. The molecule has 0 spiro atoms. The summed E-state index contributed by atoms with van der Waals surface area (Å²) in [6.07, 6.45) is 33.1. The van der Waals surface area contributed by atoms with Crippen molar-refractivity contribution in [3.05, 3.63) is 48.6 Å². The standard InChI is InChI=1S/C37H64NO10P/c1-3-5-7-9-11-13-14-15-16-17-18-19-20-21-22-24-26-28-35(40)38-34(37(42)43)32-48-49(44,45)47-31-33(39)30-46-36(41)29-27-25-23-12-10-8-6-4-2/h11,13,15-16,18-19,21-22,33-34,39H,3-10,12,14,17,20,23-32H2,1-2H3,(H,38,40)(H,42,43)(H,44,45)/b13-11-,16-15-,19-18-,22-21-. The van der Waals surface area contributed by atoms with Crippen LogP contribution in [0.2, 0.25) is 0 Å². The van der Waals surface area contributed by atoms with Gasteiger partial charge in [-0.3, -0.25) is 18.6 Å². The van der Waals surface area contributed by atoms with Crippen LogP contribution in [0.25, 0.3) is 0 Å². The number of aliphatic carboxylic acids is 1. The van der Waals surface area contributed by atoms with Gasteiger partial charge in [0, 0.05) is 12.8 Å². The first-order valence-electron chi connectivity index (χ1n) is 18.2. The van der Waals surface area contributed by atoms with Crippen molar-refractivity contribution in [3.63, 3.8) is 0 Å². The second-order valence-corrected chi connectivity index (χ2v) is 13.5. The molecule has 0 aliphatic heterocycles. The first-order chi connectivity index (χ1) is 23.6. The first-order valence-corrected chi connectivity index (χ1v) is 19.7. The van der Waals surface area contributed by atoms with Crippen molar-refractivity contribution in [2.45, 2.75) is 148 Å². The summed E-state index contributed by atoms with van der Waals surface area (Å²) in [4.78, 5) is 45.5. The summed E-state index contributed by atoms with van der Waals surface area (Å²) >= 11 is 0. The van der Waals surface area contributed by atoms with Crippen LogP contribution in [0.4, 0.5) is 0 Å². The van der Waals surface area contributed by atoms with Crippen LogP contribution in [-0.2, 0) is 32.7 Å². The number of esters is 1. The van der Waals surface area contributed by atoms with Crippen LogP contribution >= 0.6 is 7.82 Å². The third-order valence-electron chi connectivity index (χ3n) is 7.37. The SMILES string of the molecule is CCCCC/C=C\C/C=C\C/C=C\C/C=C\CCCC(=O)NC(COP(=O)(O)OCC(O)COC(=O)CCCCCCCCCC)C(=O)O. The lowest BCUT2D eigenvalue weighted by Crippen LogP contribution is -2.43. The van der Waals surface area contributed by atoms with Gasteiger partial charge in [0.1, 0.15) is 12.7 Å². The Bertz CT molecular complexity index is 1030. The van der Waals surface area contributed by atoms with Crippen molar-refractivity contribution < 1.29 is 47.8 Å². The van der Waals surface area contributed by atoms with E-state index in [2.05, 4.69) is 55.6 Å². The molecule has 0 saturated carbocycles. The summed E-state index contributed by atoms with van der Waals surface area (Å²) in [5.74, 6) is -2.46. The lowest BCUT2D eigenvalue weighted by molar-refractivity contribution is -0.147. The Morgan fingerprint density at radius 2 is 1.14 bits per heavy atom. The van der Waals surface area contributed by atoms with Gasteiger partial charge in [-0.25, -0.2) is 9.36 Å². The maximum absolute atomic E-state index is 12.2. The number of carbonyl (C=O) groups is 3. The average Bonchev–Trinajstić information content (AvgIpc) is 3.07. The third kappa shape index (κ3) is 32.4. The van der Waals surface area contributed by atoms with Crippen LogP contribution in [0, 0.1) is 0 Å². The molecule has 3 unspecified atom stereocenters. The molecule has 0 bridgehead atoms. The van der Waals surface area contributed by atoms with Gasteiger partial charge >= 0.3 is 19.8 Å². The van der Waals surface area contributed by atoms with Crippen molar-refractivity contribution >= 4 is 25.7 Å². The van der Waals surface area contributed by atoms with E-state index in [1.54, 1.807) is 0 Å². The molecule has 0 aliphatic rings. The van der Waals surface area contributed by atoms with Gasteiger partial charge in [-0.05, 0) is 51.4 Å². The number of aliphatic hydroxyl groups is 1. The fourth-order valence-electron chi connectivity index (χ4n) is 4.48. The van der Waals surface area contributed by atoms with Crippen LogP contribution in [0.1, 0.15) is 136 Å². The second-order valence-electron chi connectivity index (χ2n) is 12.1. The minimum atomic E-state index is -4.76. The van der Waals surface area contributed by atoms with Crippen LogP contribution in [0.3, 0.4) is 0 Å². The molecule has 0 aromatic heterocycles. The zero-order valence-electron chi connectivity index (χ0n) is 30.0. The number of hydrogen-bond donors (Lipinski definition) is 4. The molecule has 0 aromatic carbocycles. The average molecular weight is 714 g/mol. The lowest BCUT2D eigenvalue weighted by Gasteiger charge is -2.18. The molecule has 0 radical (unpaired) electrons. The van der Waals surface area contributed by atoms with Crippen LogP contribution in [-0.4, -0.2) is 64.9 Å². The summed E-state index contributed by atoms with van der Waals surface area (Å²) in [6, 6.07) is -1.57. The summed E-state index contributed by atoms with van der Waals surface area (Å²) in [5.41, 5.74) is 0. The van der Waals surface area contributed by atoms with Crippen LogP contribution < -0.4 is 5.32 Å². The Kier molecular flexibility index (Phi) is 30.9. The zero-order chi connectivity index (χ0) is 36.4. The lowest BCUT2D eigenvalue weighted by atomic mass is 10.1. The molecule has 1 amide bonds. The first kappa shape index (κ1) is 46.4. The molecule has 0 aliphatic carbocycles. The molecular formula is C37H64NO10P. The number of phosphoric ester groups is 1. The summed E-state index contributed by atoms with van der Waals surface area (Å²) in [7, 11) is -4.76. The monoisotopic (exact) mass is 713 g/mol.